The van der Waals surface area contributed by atoms with E-state index in [1.165, 1.54) is 0 Å². The molecule has 0 aromatic heterocycles. The molecule has 1 saturated carbocycles. The van der Waals surface area contributed by atoms with Gasteiger partial charge in [0.2, 0.25) is 0 Å². The quantitative estimate of drug-likeness (QED) is 0.546. The number of piperazine rings is 1. The summed E-state index contributed by atoms with van der Waals surface area (Å²) in [5.74, 6) is 1.36. The third-order valence-electron chi connectivity index (χ3n) is 5.93. The molecule has 0 radical (unpaired) electrons. The normalized spacial score (nSPS) is 24.3. The lowest BCUT2D eigenvalue weighted by atomic mass is 10.1. The highest BCUT2D eigenvalue weighted by atomic mass is 16.5. The lowest BCUT2D eigenvalue weighted by molar-refractivity contribution is 0.0967. The van der Waals surface area contributed by atoms with Crippen molar-refractivity contribution in [3.05, 3.63) is 29.8 Å². The van der Waals surface area contributed by atoms with Gasteiger partial charge in [-0.15, -0.1) is 0 Å². The third-order valence-corrected chi connectivity index (χ3v) is 5.93. The Morgan fingerprint density at radius 2 is 1.85 bits per heavy atom. The number of Topliss-reactive ketones (excluding diaryl/α,β-unsaturated/α-hetero) is 1. The number of hydrogen-bond donors (Lipinski definition) is 0. The number of carbonyl (C=O) groups excluding carboxylic acids is 2. The second-order valence-electron chi connectivity index (χ2n) is 8.23. The van der Waals surface area contributed by atoms with E-state index >= 15 is 0 Å². The molecule has 2 heterocycles. The fraction of sp³-hybridized carbons (Fsp3) is 0.619. The SMILES string of the molecule is CN(C)C(=O)N1C[C@@H]2C[C@H]1CN2CCCOc1ccc(C(=O)C2CC2)cc1. The van der Waals surface area contributed by atoms with Crippen molar-refractivity contribution in [3.63, 3.8) is 0 Å². The number of carbonyl (C=O) groups is 2. The summed E-state index contributed by atoms with van der Waals surface area (Å²) in [7, 11) is 3.63. The van der Waals surface area contributed by atoms with E-state index in [0.29, 0.717) is 18.7 Å². The Kier molecular flexibility index (Phi) is 5.08. The van der Waals surface area contributed by atoms with Gasteiger partial charge in [0.25, 0.3) is 0 Å². The Morgan fingerprint density at radius 3 is 2.44 bits per heavy atom. The number of ether oxygens (including phenoxy) is 1. The van der Waals surface area contributed by atoms with Crippen LogP contribution in [0.4, 0.5) is 4.79 Å². The number of fused-ring (bicyclic) bond motifs is 2. The number of rotatable bonds is 7. The van der Waals surface area contributed by atoms with Crippen molar-refractivity contribution in [2.75, 3.05) is 40.3 Å². The number of ketones is 1. The van der Waals surface area contributed by atoms with E-state index in [-0.39, 0.29) is 17.7 Å². The van der Waals surface area contributed by atoms with Gasteiger partial charge in [-0.3, -0.25) is 9.69 Å². The highest BCUT2D eigenvalue weighted by molar-refractivity contribution is 5.99. The fourth-order valence-electron chi connectivity index (χ4n) is 4.27. The average Bonchev–Trinajstić information content (AvgIpc) is 3.34. The highest BCUT2D eigenvalue weighted by Crippen LogP contribution is 2.33. The van der Waals surface area contributed by atoms with E-state index < -0.39 is 0 Å². The summed E-state index contributed by atoms with van der Waals surface area (Å²) >= 11 is 0. The van der Waals surface area contributed by atoms with E-state index in [2.05, 4.69) is 4.90 Å². The van der Waals surface area contributed by atoms with Crippen molar-refractivity contribution in [1.82, 2.24) is 14.7 Å². The summed E-state index contributed by atoms with van der Waals surface area (Å²) < 4.78 is 5.84. The molecule has 2 amide bonds. The van der Waals surface area contributed by atoms with Crippen LogP contribution in [0.2, 0.25) is 0 Å². The Balaban J connectivity index is 1.17. The number of nitrogens with zero attached hydrogens (tertiary/aromatic N) is 3. The molecule has 1 aromatic carbocycles. The Labute approximate surface area is 161 Å². The van der Waals surface area contributed by atoms with Gasteiger partial charge >= 0.3 is 6.03 Å². The third kappa shape index (κ3) is 3.95. The maximum absolute atomic E-state index is 12.2. The summed E-state index contributed by atoms with van der Waals surface area (Å²) in [6.07, 6.45) is 4.14. The van der Waals surface area contributed by atoms with E-state index in [9.17, 15) is 9.59 Å². The van der Waals surface area contributed by atoms with E-state index in [1.54, 1.807) is 4.90 Å². The number of amides is 2. The van der Waals surface area contributed by atoms with Crippen LogP contribution < -0.4 is 4.74 Å². The monoisotopic (exact) mass is 371 g/mol. The molecule has 6 heteroatoms. The maximum atomic E-state index is 12.2. The summed E-state index contributed by atoms with van der Waals surface area (Å²) in [6, 6.07) is 8.55. The molecule has 1 aliphatic carbocycles. The lowest BCUT2D eigenvalue weighted by Gasteiger charge is -2.35. The van der Waals surface area contributed by atoms with Crippen LogP contribution in [-0.4, -0.2) is 78.9 Å². The molecule has 4 rings (SSSR count). The Morgan fingerprint density at radius 1 is 1.11 bits per heavy atom. The molecule has 3 fully saturated rings. The Hall–Kier alpha value is -2.08. The summed E-state index contributed by atoms with van der Waals surface area (Å²) in [4.78, 5) is 30.4. The number of benzene rings is 1. The standard InChI is InChI=1S/C21H29N3O3/c1-22(2)21(26)24-14-17-12-18(24)13-23(17)10-3-11-27-19-8-6-16(7-9-19)20(25)15-4-5-15/h6-9,15,17-18H,3-5,10-14H2,1-2H3/t17-,18-/m0/s1. The molecule has 2 saturated heterocycles. The first-order chi connectivity index (χ1) is 13.0. The van der Waals surface area contributed by atoms with Gasteiger partial charge in [0.1, 0.15) is 5.75 Å². The first-order valence-electron chi connectivity index (χ1n) is 10.0. The fourth-order valence-corrected chi connectivity index (χ4v) is 4.27. The molecule has 2 aliphatic heterocycles. The van der Waals surface area contributed by atoms with Gasteiger partial charge in [-0.05, 0) is 49.9 Å². The van der Waals surface area contributed by atoms with Crippen LogP contribution in [0.15, 0.2) is 24.3 Å². The predicted octanol–water partition coefficient (Wildman–Crippen LogP) is 2.49. The van der Waals surface area contributed by atoms with Crippen LogP contribution in [0, 0.1) is 5.92 Å². The molecule has 0 spiro atoms. The summed E-state index contributed by atoms with van der Waals surface area (Å²) in [5, 5.41) is 0. The van der Waals surface area contributed by atoms with Crippen molar-refractivity contribution in [2.24, 2.45) is 5.92 Å². The Bertz CT molecular complexity index is 699. The molecule has 2 atom stereocenters. The molecule has 0 N–H and O–H groups in total. The van der Waals surface area contributed by atoms with Crippen molar-refractivity contribution in [1.29, 1.82) is 0 Å². The second kappa shape index (κ2) is 7.50. The highest BCUT2D eigenvalue weighted by Gasteiger charge is 2.45. The zero-order valence-electron chi connectivity index (χ0n) is 16.3. The topological polar surface area (TPSA) is 53.1 Å². The number of likely N-dealkylation sites (tertiary alicyclic amines) is 2. The van der Waals surface area contributed by atoms with Crippen LogP contribution in [0.25, 0.3) is 0 Å². The molecule has 6 nitrogen and oxygen atoms in total. The van der Waals surface area contributed by atoms with E-state index in [1.807, 2.05) is 43.3 Å². The van der Waals surface area contributed by atoms with Gasteiger partial charge in [0.15, 0.2) is 5.78 Å². The van der Waals surface area contributed by atoms with E-state index in [0.717, 1.165) is 56.6 Å². The molecule has 27 heavy (non-hydrogen) atoms. The molecular weight excluding hydrogens is 342 g/mol. The van der Waals surface area contributed by atoms with Crippen LogP contribution in [0.1, 0.15) is 36.0 Å². The minimum atomic E-state index is 0.133. The smallest absolute Gasteiger partial charge is 0.319 e. The van der Waals surface area contributed by atoms with Crippen molar-refractivity contribution >= 4 is 11.8 Å². The van der Waals surface area contributed by atoms with Gasteiger partial charge in [-0.1, -0.05) is 0 Å². The minimum absolute atomic E-state index is 0.133. The predicted molar refractivity (Wildman–Crippen MR) is 103 cm³/mol. The molecule has 146 valence electrons. The van der Waals surface area contributed by atoms with Crippen LogP contribution >= 0.6 is 0 Å². The first-order valence-corrected chi connectivity index (χ1v) is 10.0. The molecule has 0 unspecified atom stereocenters. The molecule has 3 aliphatic rings. The van der Waals surface area contributed by atoms with E-state index in [4.69, 9.17) is 4.74 Å². The second-order valence-corrected chi connectivity index (χ2v) is 8.23. The molecular formula is C21H29N3O3. The van der Waals surface area contributed by atoms with Crippen LogP contribution in [0.3, 0.4) is 0 Å². The summed E-state index contributed by atoms with van der Waals surface area (Å²) in [6.45, 7) is 3.49. The maximum Gasteiger partial charge on any atom is 0.319 e. The number of hydrogen-bond acceptors (Lipinski definition) is 4. The van der Waals surface area contributed by atoms with Crippen LogP contribution in [0.5, 0.6) is 5.75 Å². The zero-order chi connectivity index (χ0) is 19.0. The first kappa shape index (κ1) is 18.3. The average molecular weight is 371 g/mol. The van der Waals surface area contributed by atoms with Gasteiger partial charge in [-0.25, -0.2) is 4.79 Å². The summed E-state index contributed by atoms with van der Waals surface area (Å²) in [5.41, 5.74) is 0.801. The van der Waals surface area contributed by atoms with Crippen LogP contribution in [-0.2, 0) is 0 Å². The van der Waals surface area contributed by atoms with Gasteiger partial charge in [0.05, 0.1) is 6.61 Å². The minimum Gasteiger partial charge on any atom is -0.494 e. The molecule has 2 bridgehead atoms. The molecule has 1 aromatic rings. The van der Waals surface area contributed by atoms with Crippen molar-refractivity contribution < 1.29 is 14.3 Å². The van der Waals surface area contributed by atoms with Gasteiger partial charge in [-0.2, -0.15) is 0 Å². The largest absolute Gasteiger partial charge is 0.494 e. The van der Waals surface area contributed by atoms with Crippen molar-refractivity contribution in [2.45, 2.75) is 37.8 Å². The lowest BCUT2D eigenvalue weighted by Crippen LogP contribution is -2.51. The van der Waals surface area contributed by atoms with Gasteiger partial charge in [0, 0.05) is 57.3 Å². The zero-order valence-corrected chi connectivity index (χ0v) is 16.3. The number of urea groups is 1. The van der Waals surface area contributed by atoms with Gasteiger partial charge < -0.3 is 14.5 Å². The van der Waals surface area contributed by atoms with Crippen molar-refractivity contribution in [3.8, 4) is 5.75 Å².